The number of rotatable bonds is 3. The second kappa shape index (κ2) is 5.67. The van der Waals surface area contributed by atoms with Crippen molar-refractivity contribution in [3.8, 4) is 5.75 Å². The van der Waals surface area contributed by atoms with E-state index in [-0.39, 0.29) is 16.5 Å². The first-order chi connectivity index (χ1) is 10.0. The Hall–Kier alpha value is -1.56. The van der Waals surface area contributed by atoms with Gasteiger partial charge in [-0.1, -0.05) is 29.3 Å². The number of aryl methyl sites for hydroxylation is 1. The molecule has 2 heterocycles. The Morgan fingerprint density at radius 2 is 2.14 bits per heavy atom. The summed E-state index contributed by atoms with van der Waals surface area (Å²) in [6.45, 7) is 0.310. The van der Waals surface area contributed by atoms with Crippen LogP contribution in [0.25, 0.3) is 10.1 Å². The van der Waals surface area contributed by atoms with Gasteiger partial charge in [0.25, 0.3) is 5.56 Å². The van der Waals surface area contributed by atoms with Gasteiger partial charge < -0.3 is 4.74 Å². The molecule has 21 heavy (non-hydrogen) atoms. The molecule has 108 valence electrons. The van der Waals surface area contributed by atoms with Crippen LogP contribution < -0.4 is 10.3 Å². The first-order valence-corrected chi connectivity index (χ1v) is 7.65. The largest absolute Gasteiger partial charge is 0.485 e. The highest BCUT2D eigenvalue weighted by molar-refractivity contribution is 7.19. The first-order valence-electron chi connectivity index (χ1n) is 6.08. The second-order valence-electron chi connectivity index (χ2n) is 4.41. The maximum atomic E-state index is 11.5. The molecular weight excluding hydrogens is 331 g/mol. The molecule has 0 aliphatic heterocycles. The summed E-state index contributed by atoms with van der Waals surface area (Å²) in [7, 11) is 1.53. The molecule has 2 aromatic heterocycles. The number of fused-ring (bicyclic) bond motifs is 1. The number of thiophene rings is 1. The first kappa shape index (κ1) is 14.4. The van der Waals surface area contributed by atoms with E-state index in [0.29, 0.717) is 11.6 Å². The van der Waals surface area contributed by atoms with Crippen LogP contribution in [0.3, 0.4) is 0 Å². The highest BCUT2D eigenvalue weighted by atomic mass is 35.5. The van der Waals surface area contributed by atoms with E-state index in [1.54, 1.807) is 11.3 Å². The molecule has 1 aromatic carbocycles. The average Bonchev–Trinajstić information content (AvgIpc) is 2.86. The van der Waals surface area contributed by atoms with Crippen molar-refractivity contribution in [1.29, 1.82) is 0 Å². The highest BCUT2D eigenvalue weighted by Gasteiger charge is 2.09. The van der Waals surface area contributed by atoms with Gasteiger partial charge in [0.1, 0.15) is 6.61 Å². The average molecular weight is 341 g/mol. The third-order valence-electron chi connectivity index (χ3n) is 2.94. The van der Waals surface area contributed by atoms with Gasteiger partial charge in [-0.25, -0.2) is 4.68 Å². The quantitative estimate of drug-likeness (QED) is 0.726. The Morgan fingerprint density at radius 3 is 2.90 bits per heavy atom. The van der Waals surface area contributed by atoms with Crippen molar-refractivity contribution in [2.75, 3.05) is 0 Å². The van der Waals surface area contributed by atoms with Gasteiger partial charge in [0.05, 0.1) is 6.07 Å². The van der Waals surface area contributed by atoms with E-state index in [1.165, 1.54) is 13.1 Å². The molecule has 4 nitrogen and oxygen atoms in total. The van der Waals surface area contributed by atoms with E-state index in [0.717, 1.165) is 19.6 Å². The second-order valence-corrected chi connectivity index (χ2v) is 6.35. The van der Waals surface area contributed by atoms with Crippen molar-refractivity contribution >= 4 is 44.6 Å². The summed E-state index contributed by atoms with van der Waals surface area (Å²) in [6.07, 6.45) is 0. The molecule has 0 bridgehead atoms. The summed E-state index contributed by atoms with van der Waals surface area (Å²) >= 11 is 13.7. The third kappa shape index (κ3) is 2.90. The van der Waals surface area contributed by atoms with Crippen LogP contribution in [0.2, 0.25) is 10.2 Å². The van der Waals surface area contributed by atoms with Gasteiger partial charge in [-0.2, -0.15) is 5.10 Å². The van der Waals surface area contributed by atoms with Gasteiger partial charge in [0.2, 0.25) is 0 Å². The SMILES string of the molecule is Cn1nc(Cl)c(OCc2cc3c(Cl)cccc3s2)cc1=O. The van der Waals surface area contributed by atoms with Crippen LogP contribution in [0.15, 0.2) is 35.1 Å². The number of halogens is 2. The number of nitrogens with zero attached hydrogens (tertiary/aromatic N) is 2. The highest BCUT2D eigenvalue weighted by Crippen LogP contribution is 2.32. The molecule has 3 aromatic rings. The van der Waals surface area contributed by atoms with Gasteiger partial charge >= 0.3 is 0 Å². The van der Waals surface area contributed by atoms with Crippen molar-refractivity contribution in [3.05, 3.63) is 55.7 Å². The Morgan fingerprint density at radius 1 is 1.33 bits per heavy atom. The van der Waals surface area contributed by atoms with Crippen LogP contribution in [-0.4, -0.2) is 9.78 Å². The summed E-state index contributed by atoms with van der Waals surface area (Å²) < 4.78 is 7.84. The topological polar surface area (TPSA) is 44.1 Å². The minimum absolute atomic E-state index is 0.163. The summed E-state index contributed by atoms with van der Waals surface area (Å²) in [6, 6.07) is 9.07. The Balaban J connectivity index is 1.85. The van der Waals surface area contributed by atoms with Crippen LogP contribution in [0.4, 0.5) is 0 Å². The predicted octanol–water partition coefficient (Wildman–Crippen LogP) is 3.88. The molecule has 0 amide bonds. The fraction of sp³-hybridized carbons (Fsp3) is 0.143. The van der Waals surface area contributed by atoms with Crippen molar-refractivity contribution in [3.63, 3.8) is 0 Å². The zero-order chi connectivity index (χ0) is 15.0. The molecule has 0 aliphatic carbocycles. The van der Waals surface area contributed by atoms with Gasteiger partial charge in [0, 0.05) is 27.0 Å². The maximum absolute atomic E-state index is 11.5. The minimum Gasteiger partial charge on any atom is -0.485 e. The van der Waals surface area contributed by atoms with Crippen LogP contribution >= 0.6 is 34.5 Å². The van der Waals surface area contributed by atoms with Gasteiger partial charge in [0.15, 0.2) is 10.9 Å². The molecule has 0 aliphatic rings. The Bertz CT molecular complexity index is 873. The van der Waals surface area contributed by atoms with Crippen molar-refractivity contribution < 1.29 is 4.74 Å². The molecule has 7 heteroatoms. The normalized spacial score (nSPS) is 11.0. The van der Waals surface area contributed by atoms with Crippen molar-refractivity contribution in [2.45, 2.75) is 6.61 Å². The van der Waals surface area contributed by atoms with Crippen LogP contribution in [0.1, 0.15) is 4.88 Å². The Kier molecular flexibility index (Phi) is 3.89. The fourth-order valence-electron chi connectivity index (χ4n) is 1.89. The van der Waals surface area contributed by atoms with Gasteiger partial charge in [-0.05, 0) is 18.2 Å². The molecule has 3 rings (SSSR count). The maximum Gasteiger partial charge on any atom is 0.270 e. The zero-order valence-corrected chi connectivity index (χ0v) is 13.3. The summed E-state index contributed by atoms with van der Waals surface area (Å²) in [5, 5.41) is 5.74. The summed E-state index contributed by atoms with van der Waals surface area (Å²) in [5.41, 5.74) is -0.270. The molecule has 0 spiro atoms. The molecule has 0 N–H and O–H groups in total. The van der Waals surface area contributed by atoms with Crippen LogP contribution in [0, 0.1) is 0 Å². The number of ether oxygens (including phenoxy) is 1. The molecule has 0 atom stereocenters. The molecule has 0 saturated carbocycles. The summed E-state index contributed by atoms with van der Waals surface area (Å²) in [5.74, 6) is 0.281. The lowest BCUT2D eigenvalue weighted by molar-refractivity contribution is 0.306. The molecular formula is C14H10Cl2N2O2S. The van der Waals surface area contributed by atoms with E-state index in [9.17, 15) is 4.79 Å². The lowest BCUT2D eigenvalue weighted by Crippen LogP contribution is -2.19. The molecule has 0 radical (unpaired) electrons. The monoisotopic (exact) mass is 340 g/mol. The van der Waals surface area contributed by atoms with E-state index in [1.807, 2.05) is 24.3 Å². The van der Waals surface area contributed by atoms with E-state index >= 15 is 0 Å². The van der Waals surface area contributed by atoms with Crippen LogP contribution in [0.5, 0.6) is 5.75 Å². The van der Waals surface area contributed by atoms with Gasteiger partial charge in [-0.3, -0.25) is 4.79 Å². The summed E-state index contributed by atoms with van der Waals surface area (Å²) in [4.78, 5) is 12.5. The predicted molar refractivity (Wildman–Crippen MR) is 85.7 cm³/mol. The fourth-order valence-corrected chi connectivity index (χ4v) is 3.40. The number of aromatic nitrogens is 2. The molecule has 0 fully saturated rings. The zero-order valence-electron chi connectivity index (χ0n) is 11.0. The lowest BCUT2D eigenvalue weighted by atomic mass is 10.2. The standard InChI is InChI=1S/C14H10Cl2N2O2S/c1-18-13(19)6-11(14(16)17-18)20-7-8-5-9-10(15)3-2-4-12(9)21-8/h2-6H,7H2,1H3. The third-order valence-corrected chi connectivity index (χ3v) is 4.61. The van der Waals surface area contributed by atoms with Gasteiger partial charge in [-0.15, -0.1) is 11.3 Å². The van der Waals surface area contributed by atoms with E-state index < -0.39 is 0 Å². The lowest BCUT2D eigenvalue weighted by Gasteiger charge is -2.06. The van der Waals surface area contributed by atoms with E-state index in [2.05, 4.69) is 5.10 Å². The van der Waals surface area contributed by atoms with Crippen LogP contribution in [-0.2, 0) is 13.7 Å². The van der Waals surface area contributed by atoms with Crippen molar-refractivity contribution in [1.82, 2.24) is 9.78 Å². The number of hydrogen-bond donors (Lipinski definition) is 0. The van der Waals surface area contributed by atoms with E-state index in [4.69, 9.17) is 27.9 Å². The number of benzene rings is 1. The van der Waals surface area contributed by atoms with Crippen molar-refractivity contribution in [2.24, 2.45) is 7.05 Å². The smallest absolute Gasteiger partial charge is 0.270 e. The molecule has 0 saturated heterocycles. The number of hydrogen-bond acceptors (Lipinski definition) is 4. The minimum atomic E-state index is -0.270. The Labute approximate surface area is 134 Å². The molecule has 0 unspecified atom stereocenters.